The zero-order valence-corrected chi connectivity index (χ0v) is 12.9. The first-order chi connectivity index (χ1) is 9.42. The first-order valence-electron chi connectivity index (χ1n) is 6.00. The van der Waals surface area contributed by atoms with E-state index in [0.717, 1.165) is 9.79 Å². The number of sulfonamides is 1. The van der Waals surface area contributed by atoms with Crippen molar-refractivity contribution in [3.05, 3.63) is 48.0 Å². The van der Waals surface area contributed by atoms with Gasteiger partial charge in [0.2, 0.25) is 10.0 Å². The van der Waals surface area contributed by atoms with E-state index in [-0.39, 0.29) is 4.90 Å². The molecule has 0 amide bonds. The molecule has 0 aliphatic heterocycles. The summed E-state index contributed by atoms with van der Waals surface area (Å²) in [6.45, 7) is 2.03. The molecule has 0 spiro atoms. The Morgan fingerprint density at radius 3 is 2.30 bits per heavy atom. The summed E-state index contributed by atoms with van der Waals surface area (Å²) in [5.74, 6) is 0. The Bertz CT molecular complexity index is 710. The van der Waals surface area contributed by atoms with Crippen LogP contribution < -0.4 is 10.5 Å². The molecule has 2 aromatic carbocycles. The molecule has 0 aromatic heterocycles. The van der Waals surface area contributed by atoms with E-state index in [2.05, 4.69) is 4.72 Å². The average Bonchev–Trinajstić information content (AvgIpc) is 2.43. The van der Waals surface area contributed by atoms with Gasteiger partial charge in [-0.2, -0.15) is 0 Å². The first-order valence-corrected chi connectivity index (χ1v) is 8.30. The van der Waals surface area contributed by atoms with Crippen molar-refractivity contribution in [2.45, 2.75) is 21.6 Å². The molecule has 2 aromatic rings. The number of hydrogen-bond acceptors (Lipinski definition) is 4. The van der Waals surface area contributed by atoms with Crippen LogP contribution in [0, 0.1) is 6.92 Å². The Kier molecular flexibility index (Phi) is 4.37. The molecule has 0 aliphatic carbocycles. The summed E-state index contributed by atoms with van der Waals surface area (Å²) in [5.41, 5.74) is 7.58. The first kappa shape index (κ1) is 14.9. The lowest BCUT2D eigenvalue weighted by Gasteiger charge is -2.08. The van der Waals surface area contributed by atoms with Gasteiger partial charge in [-0.3, -0.25) is 0 Å². The summed E-state index contributed by atoms with van der Waals surface area (Å²) in [5, 5.41) is 0. The highest BCUT2D eigenvalue weighted by atomic mass is 32.2. The van der Waals surface area contributed by atoms with Crippen LogP contribution >= 0.6 is 11.8 Å². The van der Waals surface area contributed by atoms with Crippen molar-refractivity contribution in [3.8, 4) is 0 Å². The van der Waals surface area contributed by atoms with Crippen LogP contribution in [0.3, 0.4) is 0 Å². The van der Waals surface area contributed by atoms with E-state index in [1.165, 1.54) is 30.4 Å². The van der Waals surface area contributed by atoms with E-state index < -0.39 is 10.0 Å². The number of anilines is 1. The summed E-state index contributed by atoms with van der Waals surface area (Å²) in [6, 6.07) is 12.8. The Morgan fingerprint density at radius 1 is 1.10 bits per heavy atom. The lowest BCUT2D eigenvalue weighted by Crippen LogP contribution is -2.18. The molecular weight excluding hydrogens is 292 g/mol. The van der Waals surface area contributed by atoms with Gasteiger partial charge in [-0.05, 0) is 44.3 Å². The monoisotopic (exact) mass is 308 g/mol. The Morgan fingerprint density at radius 2 is 1.75 bits per heavy atom. The van der Waals surface area contributed by atoms with E-state index in [1.54, 1.807) is 12.1 Å². The van der Waals surface area contributed by atoms with Crippen molar-refractivity contribution in [1.29, 1.82) is 0 Å². The molecule has 2 rings (SSSR count). The highest BCUT2D eigenvalue weighted by Gasteiger charge is 2.13. The fourth-order valence-electron chi connectivity index (χ4n) is 1.64. The van der Waals surface area contributed by atoms with Gasteiger partial charge in [0.05, 0.1) is 4.90 Å². The van der Waals surface area contributed by atoms with Crippen LogP contribution in [0.1, 0.15) is 5.56 Å². The SMILES string of the molecule is CNS(=O)(=O)c1ccc(Sc2ccc(C)cc2)c(N)c1. The number of rotatable bonds is 4. The van der Waals surface area contributed by atoms with Crippen LogP contribution in [0.25, 0.3) is 0 Å². The summed E-state index contributed by atoms with van der Waals surface area (Å²) in [6.07, 6.45) is 0. The Labute approximate surface area is 123 Å². The summed E-state index contributed by atoms with van der Waals surface area (Å²) in [4.78, 5) is 2.07. The fourth-order valence-corrected chi connectivity index (χ4v) is 3.24. The maximum absolute atomic E-state index is 11.7. The van der Waals surface area contributed by atoms with Crippen molar-refractivity contribution >= 4 is 27.5 Å². The quantitative estimate of drug-likeness (QED) is 0.852. The third-order valence-electron chi connectivity index (χ3n) is 2.81. The third-order valence-corrected chi connectivity index (χ3v) is 5.32. The molecule has 0 saturated carbocycles. The molecule has 0 radical (unpaired) electrons. The fraction of sp³-hybridized carbons (Fsp3) is 0.143. The molecule has 0 atom stereocenters. The van der Waals surface area contributed by atoms with E-state index in [0.29, 0.717) is 5.69 Å². The lowest BCUT2D eigenvalue weighted by atomic mass is 10.2. The van der Waals surface area contributed by atoms with Crippen molar-refractivity contribution in [2.75, 3.05) is 12.8 Å². The molecule has 4 nitrogen and oxygen atoms in total. The van der Waals surface area contributed by atoms with Crippen LogP contribution in [0.4, 0.5) is 5.69 Å². The number of benzene rings is 2. The molecule has 106 valence electrons. The van der Waals surface area contributed by atoms with Gasteiger partial charge in [-0.1, -0.05) is 29.5 Å². The summed E-state index contributed by atoms with van der Waals surface area (Å²) in [7, 11) is -2.08. The van der Waals surface area contributed by atoms with Crippen molar-refractivity contribution in [3.63, 3.8) is 0 Å². The molecule has 0 fully saturated rings. The Balaban J connectivity index is 2.29. The van der Waals surface area contributed by atoms with E-state index in [9.17, 15) is 8.42 Å². The molecule has 6 heteroatoms. The molecule has 3 N–H and O–H groups in total. The second kappa shape index (κ2) is 5.87. The van der Waals surface area contributed by atoms with Crippen LogP contribution in [-0.4, -0.2) is 15.5 Å². The minimum absolute atomic E-state index is 0.172. The summed E-state index contributed by atoms with van der Waals surface area (Å²) < 4.78 is 25.6. The minimum Gasteiger partial charge on any atom is -0.398 e. The van der Waals surface area contributed by atoms with Gasteiger partial charge in [0.15, 0.2) is 0 Å². The van der Waals surface area contributed by atoms with E-state index in [4.69, 9.17) is 5.73 Å². The van der Waals surface area contributed by atoms with Crippen molar-refractivity contribution in [1.82, 2.24) is 4.72 Å². The highest BCUT2D eigenvalue weighted by Crippen LogP contribution is 2.33. The van der Waals surface area contributed by atoms with Crippen LogP contribution in [-0.2, 0) is 10.0 Å². The normalized spacial score (nSPS) is 11.5. The van der Waals surface area contributed by atoms with Gasteiger partial charge in [-0.15, -0.1) is 0 Å². The number of nitrogens with one attached hydrogen (secondary N) is 1. The maximum Gasteiger partial charge on any atom is 0.240 e. The van der Waals surface area contributed by atoms with E-state index in [1.807, 2.05) is 31.2 Å². The number of aryl methyl sites for hydroxylation is 1. The highest BCUT2D eigenvalue weighted by molar-refractivity contribution is 7.99. The standard InChI is InChI=1S/C14H16N2O2S2/c1-10-3-5-11(6-4-10)19-14-8-7-12(9-13(14)15)20(17,18)16-2/h3-9,16H,15H2,1-2H3. The van der Waals surface area contributed by atoms with Gasteiger partial charge >= 0.3 is 0 Å². The van der Waals surface area contributed by atoms with Crippen LogP contribution in [0.15, 0.2) is 57.2 Å². The molecule has 0 bridgehead atoms. The number of nitrogen functional groups attached to an aromatic ring is 1. The van der Waals surface area contributed by atoms with Gasteiger partial charge in [-0.25, -0.2) is 13.1 Å². The van der Waals surface area contributed by atoms with Crippen molar-refractivity contribution in [2.24, 2.45) is 0 Å². The maximum atomic E-state index is 11.7. The molecular formula is C14H16N2O2S2. The van der Waals surface area contributed by atoms with Crippen LogP contribution in [0.2, 0.25) is 0 Å². The van der Waals surface area contributed by atoms with Crippen LogP contribution in [0.5, 0.6) is 0 Å². The topological polar surface area (TPSA) is 72.2 Å². The van der Waals surface area contributed by atoms with Gasteiger partial charge < -0.3 is 5.73 Å². The predicted octanol–water partition coefficient (Wildman–Crippen LogP) is 2.64. The van der Waals surface area contributed by atoms with Gasteiger partial charge in [0.1, 0.15) is 0 Å². The second-order valence-corrected chi connectivity index (χ2v) is 7.32. The van der Waals surface area contributed by atoms with Crippen molar-refractivity contribution < 1.29 is 8.42 Å². The molecule has 0 aliphatic rings. The zero-order chi connectivity index (χ0) is 14.8. The number of nitrogens with two attached hydrogens (primary N) is 1. The molecule has 0 saturated heterocycles. The predicted molar refractivity (Wildman–Crippen MR) is 82.4 cm³/mol. The lowest BCUT2D eigenvalue weighted by molar-refractivity contribution is 0.588. The number of hydrogen-bond donors (Lipinski definition) is 2. The molecule has 0 heterocycles. The zero-order valence-electron chi connectivity index (χ0n) is 11.3. The second-order valence-electron chi connectivity index (χ2n) is 4.32. The van der Waals surface area contributed by atoms with E-state index >= 15 is 0 Å². The Hall–Kier alpha value is -1.50. The third kappa shape index (κ3) is 3.33. The largest absolute Gasteiger partial charge is 0.398 e. The summed E-state index contributed by atoms with van der Waals surface area (Å²) >= 11 is 1.51. The molecule has 20 heavy (non-hydrogen) atoms. The smallest absolute Gasteiger partial charge is 0.240 e. The van der Waals surface area contributed by atoms with Gasteiger partial charge in [0, 0.05) is 15.5 Å². The van der Waals surface area contributed by atoms with Gasteiger partial charge in [0.25, 0.3) is 0 Å². The molecule has 0 unspecified atom stereocenters. The minimum atomic E-state index is -3.46. The average molecular weight is 308 g/mol.